The normalized spacial score (nSPS) is 13.1. The number of aryl methyl sites for hydroxylation is 2. The van der Waals surface area contributed by atoms with E-state index in [9.17, 15) is 14.4 Å². The molecular weight excluding hydrogens is 344 g/mol. The lowest BCUT2D eigenvalue weighted by molar-refractivity contribution is -0.119. The van der Waals surface area contributed by atoms with E-state index in [2.05, 4.69) is 5.32 Å². The quantitative estimate of drug-likeness (QED) is 0.797. The number of hydrogen-bond donors (Lipinski definition) is 1. The highest BCUT2D eigenvalue weighted by atomic mass is 16.5. The molecule has 3 amide bonds. The molecule has 1 aliphatic heterocycles. The van der Waals surface area contributed by atoms with Crippen molar-refractivity contribution < 1.29 is 19.1 Å². The van der Waals surface area contributed by atoms with Crippen LogP contribution in [0.25, 0.3) is 0 Å². The SMILES string of the molecule is CCc1cccc(CC)c1N1C(=O)c2cccc(NC(=O)COC)c2C1=O. The van der Waals surface area contributed by atoms with Crippen molar-refractivity contribution in [2.24, 2.45) is 0 Å². The maximum Gasteiger partial charge on any atom is 0.268 e. The van der Waals surface area contributed by atoms with E-state index in [-0.39, 0.29) is 24.0 Å². The van der Waals surface area contributed by atoms with Gasteiger partial charge in [-0.05, 0) is 36.1 Å². The van der Waals surface area contributed by atoms with Gasteiger partial charge < -0.3 is 10.1 Å². The summed E-state index contributed by atoms with van der Waals surface area (Å²) in [7, 11) is 1.42. The number of carbonyl (C=O) groups is 3. The average molecular weight is 366 g/mol. The van der Waals surface area contributed by atoms with Gasteiger partial charge in [-0.1, -0.05) is 38.1 Å². The summed E-state index contributed by atoms with van der Waals surface area (Å²) >= 11 is 0. The fraction of sp³-hybridized carbons (Fsp3) is 0.286. The summed E-state index contributed by atoms with van der Waals surface area (Å²) < 4.78 is 4.82. The number of para-hydroxylation sites is 1. The number of imide groups is 1. The van der Waals surface area contributed by atoms with Gasteiger partial charge in [0.2, 0.25) is 5.91 Å². The maximum absolute atomic E-state index is 13.2. The Morgan fingerprint density at radius 2 is 1.63 bits per heavy atom. The van der Waals surface area contributed by atoms with E-state index in [0.717, 1.165) is 11.1 Å². The highest BCUT2D eigenvalue weighted by Gasteiger charge is 2.40. The molecule has 3 rings (SSSR count). The van der Waals surface area contributed by atoms with Gasteiger partial charge in [0.1, 0.15) is 6.61 Å². The number of rotatable bonds is 6. The number of anilines is 2. The van der Waals surface area contributed by atoms with Gasteiger partial charge in [0.15, 0.2) is 0 Å². The molecule has 0 fully saturated rings. The van der Waals surface area contributed by atoms with Crippen molar-refractivity contribution in [2.45, 2.75) is 26.7 Å². The summed E-state index contributed by atoms with van der Waals surface area (Å²) in [6.07, 6.45) is 1.40. The van der Waals surface area contributed by atoms with Gasteiger partial charge in [-0.3, -0.25) is 14.4 Å². The van der Waals surface area contributed by atoms with Crippen LogP contribution in [0.15, 0.2) is 36.4 Å². The van der Waals surface area contributed by atoms with Gasteiger partial charge in [0.05, 0.1) is 22.5 Å². The summed E-state index contributed by atoms with van der Waals surface area (Å²) in [5.41, 5.74) is 3.37. The minimum Gasteiger partial charge on any atom is -0.375 e. The summed E-state index contributed by atoms with van der Waals surface area (Å²) in [6, 6.07) is 10.7. The van der Waals surface area contributed by atoms with Gasteiger partial charge in [-0.2, -0.15) is 0 Å². The molecule has 0 unspecified atom stereocenters. The monoisotopic (exact) mass is 366 g/mol. The van der Waals surface area contributed by atoms with E-state index >= 15 is 0 Å². The first-order valence-corrected chi connectivity index (χ1v) is 8.94. The topological polar surface area (TPSA) is 75.7 Å². The molecule has 0 aromatic heterocycles. The Labute approximate surface area is 158 Å². The Morgan fingerprint density at radius 3 is 2.22 bits per heavy atom. The first kappa shape index (κ1) is 18.8. The molecule has 0 radical (unpaired) electrons. The van der Waals surface area contributed by atoms with Gasteiger partial charge in [0.25, 0.3) is 11.8 Å². The van der Waals surface area contributed by atoms with E-state index in [1.165, 1.54) is 12.0 Å². The van der Waals surface area contributed by atoms with Crippen LogP contribution < -0.4 is 10.2 Å². The fourth-order valence-electron chi connectivity index (χ4n) is 3.41. The lowest BCUT2D eigenvalue weighted by Crippen LogP contribution is -2.31. The molecule has 2 aromatic rings. The molecule has 0 aliphatic carbocycles. The number of hydrogen-bond acceptors (Lipinski definition) is 4. The van der Waals surface area contributed by atoms with E-state index in [4.69, 9.17) is 4.74 Å². The van der Waals surface area contributed by atoms with Crippen LogP contribution in [0.5, 0.6) is 0 Å². The molecule has 27 heavy (non-hydrogen) atoms. The zero-order valence-corrected chi connectivity index (χ0v) is 15.7. The second-order valence-corrected chi connectivity index (χ2v) is 6.29. The Hall–Kier alpha value is -2.99. The predicted octanol–water partition coefficient (Wildman–Crippen LogP) is 3.20. The Morgan fingerprint density at radius 1 is 1.00 bits per heavy atom. The van der Waals surface area contributed by atoms with Crippen molar-refractivity contribution in [1.82, 2.24) is 0 Å². The highest BCUT2D eigenvalue weighted by molar-refractivity contribution is 6.36. The summed E-state index contributed by atoms with van der Waals surface area (Å²) in [4.78, 5) is 39.5. The van der Waals surface area contributed by atoms with Gasteiger partial charge in [0, 0.05) is 7.11 Å². The molecule has 0 saturated carbocycles. The lowest BCUT2D eigenvalue weighted by atomic mass is 10.0. The third kappa shape index (κ3) is 3.24. The van der Waals surface area contributed by atoms with Gasteiger partial charge in [-0.15, -0.1) is 0 Å². The zero-order valence-electron chi connectivity index (χ0n) is 15.7. The first-order chi connectivity index (χ1) is 13.0. The third-order valence-electron chi connectivity index (χ3n) is 4.65. The van der Waals surface area contributed by atoms with Gasteiger partial charge >= 0.3 is 0 Å². The van der Waals surface area contributed by atoms with Crippen LogP contribution in [0, 0.1) is 0 Å². The molecule has 1 heterocycles. The van der Waals surface area contributed by atoms with Crippen LogP contribution in [0.2, 0.25) is 0 Å². The van der Waals surface area contributed by atoms with Crippen LogP contribution in [0.4, 0.5) is 11.4 Å². The second-order valence-electron chi connectivity index (χ2n) is 6.29. The van der Waals surface area contributed by atoms with Crippen molar-refractivity contribution in [3.63, 3.8) is 0 Å². The smallest absolute Gasteiger partial charge is 0.268 e. The zero-order chi connectivity index (χ0) is 19.6. The largest absolute Gasteiger partial charge is 0.375 e. The molecule has 6 nitrogen and oxygen atoms in total. The second kappa shape index (κ2) is 7.72. The number of carbonyl (C=O) groups excluding carboxylic acids is 3. The van der Waals surface area contributed by atoms with Crippen molar-refractivity contribution in [1.29, 1.82) is 0 Å². The highest BCUT2D eigenvalue weighted by Crippen LogP contribution is 2.36. The molecule has 0 bridgehead atoms. The fourth-order valence-corrected chi connectivity index (χ4v) is 3.41. The number of amides is 3. The molecule has 0 saturated heterocycles. The summed E-state index contributed by atoms with van der Waals surface area (Å²) in [5, 5.41) is 2.66. The molecule has 140 valence electrons. The third-order valence-corrected chi connectivity index (χ3v) is 4.65. The van der Waals surface area contributed by atoms with Crippen molar-refractivity contribution in [3.05, 3.63) is 58.7 Å². The van der Waals surface area contributed by atoms with Crippen LogP contribution in [0.3, 0.4) is 0 Å². The number of methoxy groups -OCH3 is 1. The number of fused-ring (bicyclic) bond motifs is 1. The molecule has 1 aliphatic rings. The Kier molecular flexibility index (Phi) is 5.37. The number of nitrogens with zero attached hydrogens (tertiary/aromatic N) is 1. The first-order valence-electron chi connectivity index (χ1n) is 8.94. The molecule has 0 spiro atoms. The maximum atomic E-state index is 13.2. The van der Waals surface area contributed by atoms with Crippen LogP contribution in [-0.4, -0.2) is 31.4 Å². The number of benzene rings is 2. The predicted molar refractivity (Wildman–Crippen MR) is 103 cm³/mol. The van der Waals surface area contributed by atoms with Crippen molar-refractivity contribution in [2.75, 3.05) is 23.9 Å². The van der Waals surface area contributed by atoms with E-state index in [1.54, 1.807) is 18.2 Å². The van der Waals surface area contributed by atoms with Crippen LogP contribution in [-0.2, 0) is 22.4 Å². The van der Waals surface area contributed by atoms with Crippen molar-refractivity contribution in [3.8, 4) is 0 Å². The average Bonchev–Trinajstić information content (AvgIpc) is 2.92. The molecule has 6 heteroatoms. The minimum absolute atomic E-state index is 0.131. The molecule has 2 aromatic carbocycles. The van der Waals surface area contributed by atoms with Gasteiger partial charge in [-0.25, -0.2) is 4.90 Å². The lowest BCUT2D eigenvalue weighted by Gasteiger charge is -2.21. The standard InChI is InChI=1S/C21H22N2O4/c1-4-13-8-6-9-14(5-2)19(13)23-20(25)15-10-7-11-16(18(15)21(23)26)22-17(24)12-27-3/h6-11H,4-5,12H2,1-3H3,(H,22,24). The Bertz CT molecular complexity index is 898. The van der Waals surface area contributed by atoms with E-state index < -0.39 is 5.91 Å². The molecule has 1 N–H and O–H groups in total. The van der Waals surface area contributed by atoms with Crippen LogP contribution in [0.1, 0.15) is 45.7 Å². The summed E-state index contributed by atoms with van der Waals surface area (Å²) in [5.74, 6) is -1.17. The van der Waals surface area contributed by atoms with E-state index in [0.29, 0.717) is 29.8 Å². The van der Waals surface area contributed by atoms with Crippen molar-refractivity contribution >= 4 is 29.1 Å². The number of ether oxygens (including phenoxy) is 1. The summed E-state index contributed by atoms with van der Waals surface area (Å²) in [6.45, 7) is 3.86. The number of nitrogens with one attached hydrogen (secondary N) is 1. The Balaban J connectivity index is 2.09. The van der Waals surface area contributed by atoms with E-state index in [1.807, 2.05) is 32.0 Å². The minimum atomic E-state index is -0.418. The van der Waals surface area contributed by atoms with Crippen LogP contribution >= 0.6 is 0 Å². The molecule has 0 atom stereocenters. The molecular formula is C21H22N2O4.